The maximum Gasteiger partial charge on any atom is 0.255 e. The molecule has 0 aromatic heterocycles. The predicted molar refractivity (Wildman–Crippen MR) is 85.0 cm³/mol. The molecule has 1 aromatic rings. The topological polar surface area (TPSA) is 78.8 Å². The second-order valence-electron chi connectivity index (χ2n) is 5.49. The monoisotopic (exact) mass is 323 g/mol. The van der Waals surface area contributed by atoms with Crippen molar-refractivity contribution in [1.82, 2.24) is 9.73 Å². The van der Waals surface area contributed by atoms with Gasteiger partial charge in [0.15, 0.2) is 0 Å². The fourth-order valence-corrected chi connectivity index (χ4v) is 3.38. The Morgan fingerprint density at radius 2 is 1.82 bits per heavy atom. The molecule has 120 valence electrons. The molecule has 1 aromatic carbocycles. The van der Waals surface area contributed by atoms with Crippen molar-refractivity contribution in [2.24, 2.45) is 5.10 Å². The van der Waals surface area contributed by atoms with Gasteiger partial charge in [-0.2, -0.15) is 9.41 Å². The van der Waals surface area contributed by atoms with Crippen molar-refractivity contribution in [1.29, 1.82) is 0 Å². The van der Waals surface area contributed by atoms with E-state index in [1.165, 1.54) is 19.2 Å². The molecule has 0 bridgehead atoms. The quantitative estimate of drug-likeness (QED) is 0.837. The van der Waals surface area contributed by atoms with E-state index in [0.717, 1.165) is 41.3 Å². The van der Waals surface area contributed by atoms with E-state index in [-0.39, 0.29) is 11.4 Å². The molecular weight excluding hydrogens is 302 g/mol. The Morgan fingerprint density at radius 3 is 2.41 bits per heavy atom. The van der Waals surface area contributed by atoms with E-state index >= 15 is 0 Å². The molecular formula is C15H21N3O3S. The van der Waals surface area contributed by atoms with E-state index < -0.39 is 15.9 Å². The summed E-state index contributed by atoms with van der Waals surface area (Å²) in [6.45, 7) is 1.63. The molecule has 1 fully saturated rings. The zero-order chi connectivity index (χ0) is 16.2. The first-order chi connectivity index (χ1) is 10.4. The smallest absolute Gasteiger partial charge is 0.255 e. The van der Waals surface area contributed by atoms with Gasteiger partial charge in [0, 0.05) is 12.8 Å². The van der Waals surface area contributed by atoms with Crippen LogP contribution in [0.4, 0.5) is 0 Å². The Bertz CT molecular complexity index is 658. The first-order valence-corrected chi connectivity index (χ1v) is 8.71. The third kappa shape index (κ3) is 4.14. The molecule has 0 atom stereocenters. The molecule has 1 aliphatic rings. The highest BCUT2D eigenvalue weighted by molar-refractivity contribution is 7.89. The number of nitrogens with one attached hydrogen (secondary N) is 1. The van der Waals surface area contributed by atoms with Crippen LogP contribution in [0.3, 0.4) is 0 Å². The van der Waals surface area contributed by atoms with Gasteiger partial charge in [-0.3, -0.25) is 4.79 Å². The lowest BCUT2D eigenvalue weighted by Crippen LogP contribution is -2.36. The highest BCUT2D eigenvalue weighted by Gasteiger charge is 2.22. The Labute approximate surface area is 131 Å². The molecule has 2 rings (SSSR count). The second kappa shape index (κ2) is 7.02. The molecule has 0 radical (unpaired) electrons. The summed E-state index contributed by atoms with van der Waals surface area (Å²) in [5, 5.41) is 4.04. The highest BCUT2D eigenvalue weighted by atomic mass is 32.2. The molecule has 1 aliphatic carbocycles. The van der Waals surface area contributed by atoms with Crippen LogP contribution in [-0.2, 0) is 14.8 Å². The number of hydrogen-bond donors (Lipinski definition) is 1. The molecule has 1 amide bonds. The number of likely N-dealkylation sites (N-methyl/N-ethyl adjacent to an activating group) is 1. The maximum atomic E-state index is 12.3. The lowest BCUT2D eigenvalue weighted by Gasteiger charge is -2.16. The number of hydrogen-bond acceptors (Lipinski definition) is 4. The zero-order valence-corrected chi connectivity index (χ0v) is 13.7. The van der Waals surface area contributed by atoms with Crippen LogP contribution < -0.4 is 5.43 Å². The van der Waals surface area contributed by atoms with Crippen molar-refractivity contribution in [2.75, 3.05) is 13.6 Å². The molecule has 1 N–H and O–H groups in total. The van der Waals surface area contributed by atoms with Gasteiger partial charge in [-0.15, -0.1) is 0 Å². The number of benzene rings is 1. The average molecular weight is 323 g/mol. The molecule has 6 nitrogen and oxygen atoms in total. The molecule has 0 aliphatic heterocycles. The Balaban J connectivity index is 1.98. The molecule has 7 heteroatoms. The number of aryl methyl sites for hydroxylation is 1. The van der Waals surface area contributed by atoms with Crippen molar-refractivity contribution in [3.63, 3.8) is 0 Å². The van der Waals surface area contributed by atoms with Gasteiger partial charge in [0.2, 0.25) is 10.0 Å². The van der Waals surface area contributed by atoms with Gasteiger partial charge in [0.25, 0.3) is 5.91 Å². The van der Waals surface area contributed by atoms with E-state index in [1.807, 2.05) is 6.92 Å². The number of amides is 1. The fraction of sp³-hybridized carbons (Fsp3) is 0.467. The molecule has 0 saturated heterocycles. The Kier molecular flexibility index (Phi) is 5.31. The van der Waals surface area contributed by atoms with Crippen LogP contribution in [0.25, 0.3) is 0 Å². The standard InChI is InChI=1S/C15H21N3O3S/c1-12-7-9-14(10-8-12)22(20,21)18(2)11-15(19)17-16-13-5-3-4-6-13/h7-10H,3-6,11H2,1-2H3,(H,17,19). The normalized spacial score (nSPS) is 15.1. The molecule has 1 saturated carbocycles. The molecule has 0 heterocycles. The first-order valence-electron chi connectivity index (χ1n) is 7.27. The SMILES string of the molecule is Cc1ccc(S(=O)(=O)N(C)CC(=O)NN=C2CCCC2)cc1. The number of sulfonamides is 1. The first kappa shape index (κ1) is 16.6. The summed E-state index contributed by atoms with van der Waals surface area (Å²) in [6.07, 6.45) is 3.99. The summed E-state index contributed by atoms with van der Waals surface area (Å²) < 4.78 is 25.7. The molecule has 22 heavy (non-hydrogen) atoms. The maximum absolute atomic E-state index is 12.3. The van der Waals surface area contributed by atoms with E-state index in [9.17, 15) is 13.2 Å². The minimum absolute atomic E-state index is 0.176. The lowest BCUT2D eigenvalue weighted by molar-refractivity contribution is -0.121. The van der Waals surface area contributed by atoms with Gasteiger partial charge in [0.05, 0.1) is 11.4 Å². The second-order valence-corrected chi connectivity index (χ2v) is 7.54. The molecule has 0 spiro atoms. The van der Waals surface area contributed by atoms with Gasteiger partial charge in [-0.25, -0.2) is 13.8 Å². The fourth-order valence-electron chi connectivity index (χ4n) is 2.25. The van der Waals surface area contributed by atoms with Crippen LogP contribution in [0, 0.1) is 6.92 Å². The lowest BCUT2D eigenvalue weighted by atomic mass is 10.2. The van der Waals surface area contributed by atoms with Crippen molar-refractivity contribution in [3.05, 3.63) is 29.8 Å². The van der Waals surface area contributed by atoms with E-state index in [4.69, 9.17) is 0 Å². The van der Waals surface area contributed by atoms with Crippen LogP contribution in [-0.4, -0.2) is 37.9 Å². The van der Waals surface area contributed by atoms with E-state index in [1.54, 1.807) is 12.1 Å². The van der Waals surface area contributed by atoms with Gasteiger partial charge in [-0.1, -0.05) is 17.7 Å². The van der Waals surface area contributed by atoms with E-state index in [2.05, 4.69) is 10.5 Å². The van der Waals surface area contributed by atoms with Gasteiger partial charge in [0.1, 0.15) is 0 Å². The number of nitrogens with zero attached hydrogens (tertiary/aromatic N) is 2. The summed E-state index contributed by atoms with van der Waals surface area (Å²) in [6, 6.07) is 6.54. The number of carbonyl (C=O) groups excluding carboxylic acids is 1. The predicted octanol–water partition coefficient (Wildman–Crippen LogP) is 1.66. The summed E-state index contributed by atoms with van der Waals surface area (Å²) in [4.78, 5) is 12.0. The highest BCUT2D eigenvalue weighted by Crippen LogP contribution is 2.15. The van der Waals surface area contributed by atoms with Crippen LogP contribution in [0.15, 0.2) is 34.3 Å². The van der Waals surface area contributed by atoms with Crippen molar-refractivity contribution < 1.29 is 13.2 Å². The van der Waals surface area contributed by atoms with Crippen LogP contribution in [0.5, 0.6) is 0 Å². The Morgan fingerprint density at radius 1 is 1.23 bits per heavy atom. The largest absolute Gasteiger partial charge is 0.272 e. The van der Waals surface area contributed by atoms with E-state index in [0.29, 0.717) is 0 Å². The third-order valence-corrected chi connectivity index (χ3v) is 5.43. The van der Waals surface area contributed by atoms with Crippen LogP contribution in [0.2, 0.25) is 0 Å². The number of carbonyl (C=O) groups is 1. The summed E-state index contributed by atoms with van der Waals surface area (Å²) in [5.74, 6) is -0.433. The van der Waals surface area contributed by atoms with Gasteiger partial charge >= 0.3 is 0 Å². The van der Waals surface area contributed by atoms with Gasteiger partial charge < -0.3 is 0 Å². The van der Waals surface area contributed by atoms with Crippen molar-refractivity contribution in [2.45, 2.75) is 37.5 Å². The van der Waals surface area contributed by atoms with Crippen LogP contribution >= 0.6 is 0 Å². The summed E-state index contributed by atoms with van der Waals surface area (Å²) in [7, 11) is -2.28. The average Bonchev–Trinajstić information content (AvgIpc) is 2.99. The van der Waals surface area contributed by atoms with Crippen molar-refractivity contribution in [3.8, 4) is 0 Å². The van der Waals surface area contributed by atoms with Crippen molar-refractivity contribution >= 4 is 21.6 Å². The summed E-state index contributed by atoms with van der Waals surface area (Å²) in [5.41, 5.74) is 4.38. The summed E-state index contributed by atoms with van der Waals surface area (Å²) >= 11 is 0. The number of rotatable bonds is 5. The van der Waals surface area contributed by atoms with Crippen LogP contribution in [0.1, 0.15) is 31.2 Å². The Hall–Kier alpha value is -1.73. The minimum atomic E-state index is -3.66. The number of hydrazone groups is 1. The molecule has 0 unspecified atom stereocenters. The third-order valence-electron chi connectivity index (χ3n) is 3.61. The zero-order valence-electron chi connectivity index (χ0n) is 12.9. The van der Waals surface area contributed by atoms with Gasteiger partial charge in [-0.05, 0) is 44.7 Å². The minimum Gasteiger partial charge on any atom is -0.272 e.